The van der Waals surface area contributed by atoms with Gasteiger partial charge in [-0.3, -0.25) is 24.8 Å². The first-order valence-electron chi connectivity index (χ1n) is 6.73. The molecule has 0 radical (unpaired) electrons. The number of aromatic nitrogens is 3. The highest BCUT2D eigenvalue weighted by Gasteiger charge is 2.13. The Morgan fingerprint density at radius 2 is 2.24 bits per heavy atom. The first-order valence-corrected chi connectivity index (χ1v) is 7.14. The Hall–Kier alpha value is -3.41. The summed E-state index contributed by atoms with van der Waals surface area (Å²) in [5.74, 6) is -1.59. The van der Waals surface area contributed by atoms with E-state index in [2.05, 4.69) is 15.3 Å². The number of nitro groups is 1. The quantitative estimate of drug-likeness (QED) is 0.293. The van der Waals surface area contributed by atoms with Gasteiger partial charge in [0.1, 0.15) is 5.69 Å². The number of phenols is 1. The average molecular weight is 365 g/mol. The van der Waals surface area contributed by atoms with Crippen molar-refractivity contribution < 1.29 is 19.9 Å². The Morgan fingerprint density at radius 3 is 2.88 bits per heavy atom. The van der Waals surface area contributed by atoms with Gasteiger partial charge in [-0.1, -0.05) is 0 Å². The second-order valence-electron chi connectivity index (χ2n) is 4.74. The molecule has 2 rings (SSSR count). The van der Waals surface area contributed by atoms with Crippen LogP contribution in [-0.2, 0) is 11.2 Å². The maximum Gasteiger partial charge on any atom is 0.311 e. The number of aliphatic carboxylic acids is 1. The molecule has 0 aliphatic rings. The minimum Gasteiger partial charge on any atom is -0.502 e. The van der Waals surface area contributed by atoms with Crippen LogP contribution in [0.4, 0.5) is 5.69 Å². The number of carbonyl (C=O) groups is 1. The van der Waals surface area contributed by atoms with Gasteiger partial charge >= 0.3 is 11.7 Å². The van der Waals surface area contributed by atoms with Gasteiger partial charge in [0, 0.05) is 18.1 Å². The molecule has 25 heavy (non-hydrogen) atoms. The highest BCUT2D eigenvalue weighted by molar-refractivity contribution is 7.71. The second-order valence-corrected chi connectivity index (χ2v) is 5.12. The molecular formula is C13H11N5O6S. The maximum absolute atomic E-state index is 12.2. The van der Waals surface area contributed by atoms with Crippen LogP contribution in [0.2, 0.25) is 0 Å². The summed E-state index contributed by atoms with van der Waals surface area (Å²) in [7, 11) is 0. The number of hydrogen-bond acceptors (Lipinski definition) is 8. The van der Waals surface area contributed by atoms with Crippen molar-refractivity contribution in [2.75, 3.05) is 0 Å². The lowest BCUT2D eigenvalue weighted by molar-refractivity contribution is -0.385. The van der Waals surface area contributed by atoms with Crippen molar-refractivity contribution in [1.29, 1.82) is 0 Å². The molecule has 12 heteroatoms. The number of nitrogens with one attached hydrogen (secondary N) is 1. The molecule has 1 aromatic heterocycles. The van der Waals surface area contributed by atoms with Crippen LogP contribution in [0.15, 0.2) is 28.1 Å². The molecule has 3 N–H and O–H groups in total. The number of hydrogen-bond donors (Lipinski definition) is 3. The number of carboxylic acids is 1. The first kappa shape index (κ1) is 17.9. The minimum atomic E-state index is -1.09. The molecule has 130 valence electrons. The number of benzene rings is 1. The van der Waals surface area contributed by atoms with Gasteiger partial charge < -0.3 is 10.2 Å². The fourth-order valence-electron chi connectivity index (χ4n) is 1.81. The van der Waals surface area contributed by atoms with E-state index in [4.69, 9.17) is 17.3 Å². The summed E-state index contributed by atoms with van der Waals surface area (Å²) in [6.45, 7) is 0. The van der Waals surface area contributed by atoms with E-state index in [1.165, 1.54) is 6.07 Å². The standard InChI is InChI=1S/C13H11N5O6S/c19-10-3-1-7(5-9(10)18(23)24)6-14-17-12(22)8(2-4-11(20)21)15-16-13(17)25/h1,3,5-6,19H,2,4H2,(H,16,25)(H,20,21)/b14-6-. The SMILES string of the molecule is O=C(O)CCc1n[nH]c(=S)n(/N=C\c2ccc(O)c([N+](=O)[O-])c2)c1=O. The van der Waals surface area contributed by atoms with Crippen molar-refractivity contribution in [1.82, 2.24) is 14.9 Å². The number of H-pyrrole nitrogens is 1. The fourth-order valence-corrected chi connectivity index (χ4v) is 1.99. The van der Waals surface area contributed by atoms with Crippen LogP contribution in [0, 0.1) is 14.9 Å². The summed E-state index contributed by atoms with van der Waals surface area (Å²) >= 11 is 4.90. The second kappa shape index (κ2) is 7.44. The number of aromatic hydroxyl groups is 1. The zero-order valence-electron chi connectivity index (χ0n) is 12.4. The number of rotatable bonds is 6. The zero-order valence-corrected chi connectivity index (χ0v) is 13.3. The Balaban J connectivity index is 2.38. The number of nitrogens with zero attached hydrogens (tertiary/aromatic N) is 4. The highest BCUT2D eigenvalue weighted by atomic mass is 32.1. The van der Waals surface area contributed by atoms with E-state index < -0.39 is 27.9 Å². The van der Waals surface area contributed by atoms with Gasteiger partial charge in [-0.25, -0.2) is 0 Å². The van der Waals surface area contributed by atoms with E-state index >= 15 is 0 Å². The van der Waals surface area contributed by atoms with Gasteiger partial charge in [0.05, 0.1) is 17.6 Å². The molecule has 0 atom stereocenters. The molecule has 2 aromatic rings. The van der Waals surface area contributed by atoms with Crippen LogP contribution in [0.5, 0.6) is 5.75 Å². The van der Waals surface area contributed by atoms with Gasteiger partial charge in [-0.2, -0.15) is 14.9 Å². The fraction of sp³-hybridized carbons (Fsp3) is 0.154. The summed E-state index contributed by atoms with van der Waals surface area (Å²) in [5, 5.41) is 38.8. The van der Waals surface area contributed by atoms with Gasteiger partial charge in [-0.15, -0.1) is 0 Å². The molecule has 11 nitrogen and oxygen atoms in total. The van der Waals surface area contributed by atoms with Crippen LogP contribution >= 0.6 is 12.2 Å². The number of carboxylic acid groups (broad SMARTS) is 1. The van der Waals surface area contributed by atoms with Crippen molar-refractivity contribution in [3.05, 3.63) is 54.7 Å². The predicted octanol–water partition coefficient (Wildman–Crippen LogP) is 0.814. The normalized spacial score (nSPS) is 10.9. The summed E-state index contributed by atoms with van der Waals surface area (Å²) in [5.41, 5.74) is -1.03. The molecule has 0 amide bonds. The van der Waals surface area contributed by atoms with Gasteiger partial charge in [-0.05, 0) is 24.4 Å². The Labute approximate surface area is 144 Å². The third kappa shape index (κ3) is 4.32. The Bertz CT molecular complexity index is 980. The maximum atomic E-state index is 12.2. The number of aromatic amines is 1. The topological polar surface area (TPSA) is 164 Å². The smallest absolute Gasteiger partial charge is 0.311 e. The van der Waals surface area contributed by atoms with Crippen molar-refractivity contribution in [3.63, 3.8) is 0 Å². The monoisotopic (exact) mass is 365 g/mol. The average Bonchev–Trinajstić information content (AvgIpc) is 2.54. The summed E-state index contributed by atoms with van der Waals surface area (Å²) < 4.78 is 0.659. The molecule has 0 bridgehead atoms. The third-order valence-electron chi connectivity index (χ3n) is 3.01. The Kier molecular flexibility index (Phi) is 5.34. The highest BCUT2D eigenvalue weighted by Crippen LogP contribution is 2.25. The molecule has 0 aliphatic heterocycles. The van der Waals surface area contributed by atoms with Crippen molar-refractivity contribution in [2.45, 2.75) is 12.8 Å². The first-order chi connectivity index (χ1) is 11.8. The van der Waals surface area contributed by atoms with Crippen LogP contribution in [0.25, 0.3) is 0 Å². The lowest BCUT2D eigenvalue weighted by Crippen LogP contribution is -2.25. The number of aryl methyl sites for hydroxylation is 1. The van der Waals surface area contributed by atoms with E-state index in [1.807, 2.05) is 0 Å². The Morgan fingerprint density at radius 1 is 1.52 bits per heavy atom. The molecule has 0 aliphatic carbocycles. The summed E-state index contributed by atoms with van der Waals surface area (Å²) in [6, 6.07) is 3.55. The molecular weight excluding hydrogens is 354 g/mol. The number of nitro benzene ring substituents is 1. The van der Waals surface area contributed by atoms with Crippen molar-refractivity contribution >= 4 is 30.1 Å². The molecule has 0 unspecified atom stereocenters. The molecule has 1 aromatic carbocycles. The molecule has 0 spiro atoms. The third-order valence-corrected chi connectivity index (χ3v) is 3.28. The van der Waals surface area contributed by atoms with E-state index in [0.29, 0.717) is 0 Å². The van der Waals surface area contributed by atoms with Gasteiger partial charge in [0.2, 0.25) is 4.77 Å². The lowest BCUT2D eigenvalue weighted by atomic mass is 10.2. The van der Waals surface area contributed by atoms with Crippen molar-refractivity contribution in [3.8, 4) is 5.75 Å². The summed E-state index contributed by atoms with van der Waals surface area (Å²) in [6.07, 6.45) is 0.736. The van der Waals surface area contributed by atoms with Crippen LogP contribution < -0.4 is 5.56 Å². The van der Waals surface area contributed by atoms with E-state index in [9.17, 15) is 24.8 Å². The zero-order chi connectivity index (χ0) is 18.6. The van der Waals surface area contributed by atoms with Crippen LogP contribution in [-0.4, -0.2) is 42.2 Å². The largest absolute Gasteiger partial charge is 0.502 e. The minimum absolute atomic E-state index is 0.0650. The number of phenolic OH excluding ortho intramolecular Hbond substituents is 1. The summed E-state index contributed by atoms with van der Waals surface area (Å²) in [4.78, 5) is 32.8. The van der Waals surface area contributed by atoms with Crippen molar-refractivity contribution in [2.24, 2.45) is 5.10 Å². The van der Waals surface area contributed by atoms with E-state index in [1.54, 1.807) is 0 Å². The van der Waals surface area contributed by atoms with Gasteiger partial charge in [0.25, 0.3) is 5.56 Å². The predicted molar refractivity (Wildman–Crippen MR) is 87.4 cm³/mol. The molecule has 0 fully saturated rings. The molecule has 0 saturated carbocycles. The molecule has 0 saturated heterocycles. The van der Waals surface area contributed by atoms with E-state index in [0.717, 1.165) is 23.0 Å². The van der Waals surface area contributed by atoms with Gasteiger partial charge in [0.15, 0.2) is 5.75 Å². The molecule has 1 heterocycles. The van der Waals surface area contributed by atoms with Crippen LogP contribution in [0.3, 0.4) is 0 Å². The van der Waals surface area contributed by atoms with Crippen LogP contribution in [0.1, 0.15) is 17.7 Å². The van der Waals surface area contributed by atoms with E-state index in [-0.39, 0.29) is 28.9 Å². The lowest BCUT2D eigenvalue weighted by Gasteiger charge is -2.02.